The summed E-state index contributed by atoms with van der Waals surface area (Å²) in [6.45, 7) is 10.9. The Labute approximate surface area is 116 Å². The highest BCUT2D eigenvalue weighted by molar-refractivity contribution is 5.78. The molecule has 0 spiro atoms. The molecule has 0 aromatic rings. The van der Waals surface area contributed by atoms with Crippen LogP contribution in [-0.4, -0.2) is 61.3 Å². The molecule has 0 aliphatic carbocycles. The minimum Gasteiger partial charge on any atom is -0.391 e. The maximum Gasteiger partial charge on any atom is 0.234 e. The number of rotatable bonds is 5. The van der Waals surface area contributed by atoms with Gasteiger partial charge < -0.3 is 15.7 Å². The van der Waals surface area contributed by atoms with E-state index in [0.29, 0.717) is 19.5 Å². The molecule has 0 saturated carbocycles. The van der Waals surface area contributed by atoms with Crippen molar-refractivity contribution in [2.45, 2.75) is 39.7 Å². The second kappa shape index (κ2) is 7.82. The average Bonchev–Trinajstić information content (AvgIpc) is 2.53. The number of aliphatic hydroxyl groups is 1. The molecule has 1 saturated heterocycles. The van der Waals surface area contributed by atoms with E-state index in [1.165, 1.54) is 0 Å². The van der Waals surface area contributed by atoms with Crippen molar-refractivity contribution in [3.05, 3.63) is 0 Å². The van der Waals surface area contributed by atoms with Gasteiger partial charge in [-0.1, -0.05) is 20.8 Å². The highest BCUT2D eigenvalue weighted by Gasteiger charge is 2.18. The molecular formula is C14H29N3O2. The number of aliphatic hydroxyl groups excluding tert-OH is 1. The molecule has 3 N–H and O–H groups in total. The highest BCUT2D eigenvalue weighted by atomic mass is 16.3. The van der Waals surface area contributed by atoms with Crippen molar-refractivity contribution in [2.24, 2.45) is 5.41 Å². The highest BCUT2D eigenvalue weighted by Crippen LogP contribution is 2.20. The van der Waals surface area contributed by atoms with Crippen molar-refractivity contribution in [1.82, 2.24) is 15.5 Å². The van der Waals surface area contributed by atoms with Crippen LogP contribution in [0.4, 0.5) is 0 Å². The summed E-state index contributed by atoms with van der Waals surface area (Å²) in [5.74, 6) is 0.00913. The summed E-state index contributed by atoms with van der Waals surface area (Å²) in [5.41, 5.74) is 0.0839. The van der Waals surface area contributed by atoms with E-state index in [0.717, 1.165) is 32.6 Å². The number of carbonyl (C=O) groups is 1. The smallest absolute Gasteiger partial charge is 0.234 e. The number of hydrogen-bond acceptors (Lipinski definition) is 4. The molecule has 0 aromatic carbocycles. The third-order valence-electron chi connectivity index (χ3n) is 3.18. The first kappa shape index (κ1) is 16.4. The predicted octanol–water partition coefficient (Wildman–Crippen LogP) is 0.195. The summed E-state index contributed by atoms with van der Waals surface area (Å²) in [7, 11) is 0. The second-order valence-corrected chi connectivity index (χ2v) is 6.60. The number of amides is 1. The molecule has 0 aromatic heterocycles. The van der Waals surface area contributed by atoms with Crippen molar-refractivity contribution < 1.29 is 9.90 Å². The van der Waals surface area contributed by atoms with Crippen LogP contribution in [0.15, 0.2) is 0 Å². The van der Waals surface area contributed by atoms with Crippen LogP contribution in [0.5, 0.6) is 0 Å². The monoisotopic (exact) mass is 271 g/mol. The Morgan fingerprint density at radius 3 is 2.79 bits per heavy atom. The van der Waals surface area contributed by atoms with Gasteiger partial charge >= 0.3 is 0 Å². The molecule has 1 atom stereocenters. The lowest BCUT2D eigenvalue weighted by atomic mass is 9.89. The standard InChI is InChI=1S/C14H29N3O2/c1-14(2,3)9-12(18)10-16-13(19)11-17-7-4-5-15-6-8-17/h12,15,18H,4-11H2,1-3H3,(H,16,19). The Hall–Kier alpha value is -0.650. The van der Waals surface area contributed by atoms with E-state index in [2.05, 4.69) is 36.3 Å². The zero-order valence-corrected chi connectivity index (χ0v) is 12.5. The van der Waals surface area contributed by atoms with Gasteiger partial charge in [0, 0.05) is 19.6 Å². The molecule has 19 heavy (non-hydrogen) atoms. The first-order chi connectivity index (χ1) is 8.87. The third-order valence-corrected chi connectivity index (χ3v) is 3.18. The van der Waals surface area contributed by atoms with Crippen LogP contribution in [0.3, 0.4) is 0 Å². The molecular weight excluding hydrogens is 242 g/mol. The Bertz CT molecular complexity index is 268. The first-order valence-electron chi connectivity index (χ1n) is 7.25. The Kier molecular flexibility index (Phi) is 6.75. The first-order valence-corrected chi connectivity index (χ1v) is 7.25. The summed E-state index contributed by atoms with van der Waals surface area (Å²) < 4.78 is 0. The summed E-state index contributed by atoms with van der Waals surface area (Å²) in [6.07, 6.45) is 1.32. The zero-order chi connectivity index (χ0) is 14.3. The molecule has 1 unspecified atom stereocenters. The molecule has 1 heterocycles. The Morgan fingerprint density at radius 1 is 1.37 bits per heavy atom. The van der Waals surface area contributed by atoms with Gasteiger partial charge in [-0.2, -0.15) is 0 Å². The molecule has 1 aliphatic rings. The average molecular weight is 271 g/mol. The molecule has 1 aliphatic heterocycles. The number of nitrogens with one attached hydrogen (secondary N) is 2. The van der Waals surface area contributed by atoms with Crippen LogP contribution in [-0.2, 0) is 4.79 Å². The quantitative estimate of drug-likeness (QED) is 0.668. The number of hydrogen-bond donors (Lipinski definition) is 3. The van der Waals surface area contributed by atoms with Crippen molar-refractivity contribution in [1.29, 1.82) is 0 Å². The molecule has 0 radical (unpaired) electrons. The molecule has 1 amide bonds. The predicted molar refractivity (Wildman–Crippen MR) is 77.0 cm³/mol. The molecule has 112 valence electrons. The number of carbonyl (C=O) groups excluding carboxylic acids is 1. The van der Waals surface area contributed by atoms with Crippen LogP contribution < -0.4 is 10.6 Å². The summed E-state index contributed by atoms with van der Waals surface area (Å²) >= 11 is 0. The van der Waals surface area contributed by atoms with Gasteiger partial charge in [0.05, 0.1) is 12.6 Å². The second-order valence-electron chi connectivity index (χ2n) is 6.60. The molecule has 5 nitrogen and oxygen atoms in total. The van der Waals surface area contributed by atoms with Crippen molar-refractivity contribution in [3.63, 3.8) is 0 Å². The van der Waals surface area contributed by atoms with Crippen molar-refractivity contribution >= 4 is 5.91 Å². The fourth-order valence-corrected chi connectivity index (χ4v) is 2.33. The summed E-state index contributed by atoms with van der Waals surface area (Å²) in [6, 6.07) is 0. The van der Waals surface area contributed by atoms with E-state index in [1.54, 1.807) is 0 Å². The van der Waals surface area contributed by atoms with Crippen LogP contribution in [0.25, 0.3) is 0 Å². The van der Waals surface area contributed by atoms with Gasteiger partial charge in [-0.3, -0.25) is 9.69 Å². The SMILES string of the molecule is CC(C)(C)CC(O)CNC(=O)CN1CCCNCC1. The van der Waals surface area contributed by atoms with Crippen LogP contribution in [0.2, 0.25) is 0 Å². The van der Waals surface area contributed by atoms with Gasteiger partial charge in [-0.25, -0.2) is 0 Å². The van der Waals surface area contributed by atoms with E-state index >= 15 is 0 Å². The maximum absolute atomic E-state index is 11.8. The molecule has 5 heteroatoms. The topological polar surface area (TPSA) is 64.6 Å². The van der Waals surface area contributed by atoms with E-state index in [1.807, 2.05) is 0 Å². The molecule has 1 rings (SSSR count). The van der Waals surface area contributed by atoms with Crippen LogP contribution in [0, 0.1) is 5.41 Å². The minimum absolute atomic E-state index is 0.00913. The van der Waals surface area contributed by atoms with Gasteiger partial charge in [0.25, 0.3) is 0 Å². The third kappa shape index (κ3) is 8.18. The molecule has 1 fully saturated rings. The van der Waals surface area contributed by atoms with Gasteiger partial charge in [-0.15, -0.1) is 0 Å². The van der Waals surface area contributed by atoms with E-state index < -0.39 is 6.10 Å². The fraction of sp³-hybridized carbons (Fsp3) is 0.929. The van der Waals surface area contributed by atoms with Gasteiger partial charge in [0.1, 0.15) is 0 Å². The largest absolute Gasteiger partial charge is 0.391 e. The minimum atomic E-state index is -0.463. The lowest BCUT2D eigenvalue weighted by Gasteiger charge is -2.23. The van der Waals surface area contributed by atoms with E-state index in [9.17, 15) is 9.90 Å². The Morgan fingerprint density at radius 2 is 2.11 bits per heavy atom. The Balaban J connectivity index is 2.19. The van der Waals surface area contributed by atoms with Gasteiger partial charge in [0.2, 0.25) is 5.91 Å². The van der Waals surface area contributed by atoms with Crippen LogP contribution >= 0.6 is 0 Å². The van der Waals surface area contributed by atoms with Crippen molar-refractivity contribution in [3.8, 4) is 0 Å². The lowest BCUT2D eigenvalue weighted by molar-refractivity contribution is -0.122. The van der Waals surface area contributed by atoms with Gasteiger partial charge in [-0.05, 0) is 31.3 Å². The fourth-order valence-electron chi connectivity index (χ4n) is 2.33. The summed E-state index contributed by atoms with van der Waals surface area (Å²) in [4.78, 5) is 14.0. The van der Waals surface area contributed by atoms with E-state index in [4.69, 9.17) is 0 Å². The maximum atomic E-state index is 11.8. The lowest BCUT2D eigenvalue weighted by Crippen LogP contribution is -2.41. The van der Waals surface area contributed by atoms with Gasteiger partial charge in [0.15, 0.2) is 0 Å². The molecule has 0 bridgehead atoms. The van der Waals surface area contributed by atoms with Crippen LogP contribution in [0.1, 0.15) is 33.6 Å². The van der Waals surface area contributed by atoms with Crippen molar-refractivity contribution in [2.75, 3.05) is 39.3 Å². The normalized spacial score (nSPS) is 19.8. The summed E-state index contributed by atoms with van der Waals surface area (Å²) in [5, 5.41) is 16.0. The number of nitrogens with zero attached hydrogens (tertiary/aromatic N) is 1. The van der Waals surface area contributed by atoms with E-state index in [-0.39, 0.29) is 11.3 Å². The zero-order valence-electron chi connectivity index (χ0n) is 12.5.